The van der Waals surface area contributed by atoms with E-state index >= 15 is 0 Å². The quantitative estimate of drug-likeness (QED) is 0.745. The molecule has 0 aromatic carbocycles. The molecule has 0 N–H and O–H groups in total. The summed E-state index contributed by atoms with van der Waals surface area (Å²) in [5.74, 6) is -2.08. The van der Waals surface area contributed by atoms with Gasteiger partial charge in [-0.2, -0.15) is 0 Å². The zero-order valence-corrected chi connectivity index (χ0v) is 11.8. The molecule has 1 saturated carbocycles. The largest absolute Gasteiger partial charge is 0.340 e. The lowest BCUT2D eigenvalue weighted by Gasteiger charge is -2.37. The van der Waals surface area contributed by atoms with Crippen LogP contribution in [0, 0.1) is 5.92 Å². The van der Waals surface area contributed by atoms with Crippen LogP contribution in [0.25, 0.3) is 0 Å². The maximum Gasteiger partial charge on any atom is 0.248 e. The molecule has 0 aromatic rings. The Labute approximate surface area is 117 Å². The summed E-state index contributed by atoms with van der Waals surface area (Å²) in [4.78, 5) is 16.3. The molecule has 1 heterocycles. The van der Waals surface area contributed by atoms with Gasteiger partial charge in [-0.25, -0.2) is 8.78 Å². The zero-order valence-electron chi connectivity index (χ0n) is 11.1. The molecule has 3 nitrogen and oxygen atoms in total. The molecule has 6 heteroatoms. The molecule has 0 radical (unpaired) electrons. The van der Waals surface area contributed by atoms with E-state index in [1.54, 1.807) is 0 Å². The van der Waals surface area contributed by atoms with Crippen LogP contribution in [-0.2, 0) is 4.79 Å². The van der Waals surface area contributed by atoms with Crippen LogP contribution in [0.1, 0.15) is 25.7 Å². The van der Waals surface area contributed by atoms with Gasteiger partial charge in [-0.05, 0) is 12.8 Å². The predicted molar refractivity (Wildman–Crippen MR) is 70.6 cm³/mol. The van der Waals surface area contributed by atoms with E-state index in [1.165, 1.54) is 0 Å². The van der Waals surface area contributed by atoms with E-state index in [0.29, 0.717) is 31.8 Å². The standard InChI is InChI=1S/C13H21ClF2N2O/c14-5-6-17-7-9-18(10-8-17)12(19)11-1-3-13(15,16)4-2-11/h11H,1-10H2. The Kier molecular flexibility index (Phi) is 5.01. The van der Waals surface area contributed by atoms with Crippen LogP contribution < -0.4 is 0 Å². The highest BCUT2D eigenvalue weighted by molar-refractivity contribution is 6.18. The highest BCUT2D eigenvalue weighted by atomic mass is 35.5. The van der Waals surface area contributed by atoms with Crippen molar-refractivity contribution in [2.24, 2.45) is 5.92 Å². The van der Waals surface area contributed by atoms with E-state index in [9.17, 15) is 13.6 Å². The van der Waals surface area contributed by atoms with Crippen molar-refractivity contribution in [3.05, 3.63) is 0 Å². The molecule has 1 aliphatic heterocycles. The maximum absolute atomic E-state index is 13.1. The van der Waals surface area contributed by atoms with Gasteiger partial charge in [0.2, 0.25) is 11.8 Å². The van der Waals surface area contributed by atoms with Crippen molar-refractivity contribution < 1.29 is 13.6 Å². The molecule has 0 unspecified atom stereocenters. The Morgan fingerprint density at radius 3 is 2.26 bits per heavy atom. The first-order chi connectivity index (χ1) is 9.02. The number of alkyl halides is 3. The highest BCUT2D eigenvalue weighted by Gasteiger charge is 2.38. The monoisotopic (exact) mass is 294 g/mol. The number of rotatable bonds is 3. The number of carbonyl (C=O) groups is 1. The van der Waals surface area contributed by atoms with Gasteiger partial charge in [0, 0.05) is 57.4 Å². The fourth-order valence-electron chi connectivity index (χ4n) is 2.86. The number of amides is 1. The molecule has 2 aliphatic rings. The minimum absolute atomic E-state index is 0.0704. The average molecular weight is 295 g/mol. The SMILES string of the molecule is O=C(C1CCC(F)(F)CC1)N1CCN(CCCl)CC1. The molecule has 19 heavy (non-hydrogen) atoms. The third-order valence-electron chi connectivity index (χ3n) is 4.15. The summed E-state index contributed by atoms with van der Waals surface area (Å²) in [6, 6.07) is 0. The number of piperazine rings is 1. The molecule has 1 aliphatic carbocycles. The molecule has 1 saturated heterocycles. The molecule has 110 valence electrons. The van der Waals surface area contributed by atoms with Crippen molar-refractivity contribution in [2.75, 3.05) is 38.6 Å². The minimum atomic E-state index is -2.56. The molecule has 2 rings (SSSR count). The number of carbonyl (C=O) groups excluding carboxylic acids is 1. The first-order valence-corrected chi connectivity index (χ1v) is 7.50. The molecule has 0 atom stereocenters. The summed E-state index contributed by atoms with van der Waals surface area (Å²) in [5.41, 5.74) is 0. The van der Waals surface area contributed by atoms with Crippen LogP contribution in [0.3, 0.4) is 0 Å². The molecular formula is C13H21ClF2N2O. The normalized spacial score (nSPS) is 25.5. The van der Waals surface area contributed by atoms with Crippen LogP contribution in [0.2, 0.25) is 0 Å². The van der Waals surface area contributed by atoms with E-state index in [2.05, 4.69) is 4.90 Å². The Bertz CT molecular complexity index is 310. The van der Waals surface area contributed by atoms with Crippen molar-refractivity contribution in [1.29, 1.82) is 0 Å². The summed E-state index contributed by atoms with van der Waals surface area (Å²) in [7, 11) is 0. The molecule has 0 bridgehead atoms. The van der Waals surface area contributed by atoms with Gasteiger partial charge in [0.05, 0.1) is 0 Å². The number of hydrogen-bond donors (Lipinski definition) is 0. The molecule has 1 amide bonds. The van der Waals surface area contributed by atoms with Gasteiger partial charge in [0.1, 0.15) is 0 Å². The second-order valence-corrected chi connectivity index (χ2v) is 5.86. The fourth-order valence-corrected chi connectivity index (χ4v) is 3.10. The Morgan fingerprint density at radius 2 is 1.74 bits per heavy atom. The summed E-state index contributed by atoms with van der Waals surface area (Å²) >= 11 is 5.69. The lowest BCUT2D eigenvalue weighted by molar-refractivity contribution is -0.141. The lowest BCUT2D eigenvalue weighted by Crippen LogP contribution is -2.51. The van der Waals surface area contributed by atoms with Crippen molar-refractivity contribution in [1.82, 2.24) is 9.80 Å². The topological polar surface area (TPSA) is 23.6 Å². The third-order valence-corrected chi connectivity index (χ3v) is 4.32. The minimum Gasteiger partial charge on any atom is -0.340 e. The molecule has 0 spiro atoms. The summed E-state index contributed by atoms with van der Waals surface area (Å²) in [6.45, 7) is 3.91. The van der Waals surface area contributed by atoms with Crippen LogP contribution in [-0.4, -0.2) is 60.2 Å². The van der Waals surface area contributed by atoms with Crippen molar-refractivity contribution in [3.8, 4) is 0 Å². The van der Waals surface area contributed by atoms with Gasteiger partial charge in [0.25, 0.3) is 0 Å². The lowest BCUT2D eigenvalue weighted by atomic mass is 9.86. The van der Waals surface area contributed by atoms with E-state index in [0.717, 1.165) is 19.6 Å². The highest BCUT2D eigenvalue weighted by Crippen LogP contribution is 2.36. The molecular weight excluding hydrogens is 274 g/mol. The van der Waals surface area contributed by atoms with E-state index < -0.39 is 5.92 Å². The first-order valence-electron chi connectivity index (χ1n) is 6.97. The van der Waals surface area contributed by atoms with Gasteiger partial charge >= 0.3 is 0 Å². The Morgan fingerprint density at radius 1 is 1.16 bits per heavy atom. The van der Waals surface area contributed by atoms with Gasteiger partial charge in [-0.3, -0.25) is 9.69 Å². The number of nitrogens with zero attached hydrogens (tertiary/aromatic N) is 2. The fraction of sp³-hybridized carbons (Fsp3) is 0.923. The average Bonchev–Trinajstić information content (AvgIpc) is 2.39. The third kappa shape index (κ3) is 4.02. The predicted octanol–water partition coefficient (Wildman–Crippen LogP) is 2.19. The first kappa shape index (κ1) is 15.0. The summed E-state index contributed by atoms with van der Waals surface area (Å²) in [5, 5.41) is 0. The number of halogens is 3. The van der Waals surface area contributed by atoms with Gasteiger partial charge in [0.15, 0.2) is 0 Å². The second kappa shape index (κ2) is 6.35. The molecule has 0 aromatic heterocycles. The van der Waals surface area contributed by atoms with Crippen molar-refractivity contribution >= 4 is 17.5 Å². The van der Waals surface area contributed by atoms with E-state index in [4.69, 9.17) is 11.6 Å². The molecule has 2 fully saturated rings. The summed E-state index contributed by atoms with van der Waals surface area (Å²) < 4.78 is 26.2. The van der Waals surface area contributed by atoms with E-state index in [-0.39, 0.29) is 24.7 Å². The van der Waals surface area contributed by atoms with E-state index in [1.807, 2.05) is 4.90 Å². The van der Waals surface area contributed by atoms with Crippen LogP contribution in [0.15, 0.2) is 0 Å². The van der Waals surface area contributed by atoms with Crippen LogP contribution in [0.5, 0.6) is 0 Å². The smallest absolute Gasteiger partial charge is 0.248 e. The van der Waals surface area contributed by atoms with Crippen molar-refractivity contribution in [3.63, 3.8) is 0 Å². The van der Waals surface area contributed by atoms with Gasteiger partial charge < -0.3 is 4.90 Å². The zero-order chi connectivity index (χ0) is 13.9. The van der Waals surface area contributed by atoms with Crippen LogP contribution in [0.4, 0.5) is 8.78 Å². The maximum atomic E-state index is 13.1. The Balaban J connectivity index is 1.78. The number of hydrogen-bond acceptors (Lipinski definition) is 2. The van der Waals surface area contributed by atoms with Gasteiger partial charge in [-0.15, -0.1) is 11.6 Å². The van der Waals surface area contributed by atoms with Crippen LogP contribution >= 0.6 is 11.6 Å². The Hall–Kier alpha value is -0.420. The summed E-state index contributed by atoms with van der Waals surface area (Å²) in [6.07, 6.45) is 0.368. The second-order valence-electron chi connectivity index (χ2n) is 5.49. The van der Waals surface area contributed by atoms with Gasteiger partial charge in [-0.1, -0.05) is 0 Å². The van der Waals surface area contributed by atoms with Crippen molar-refractivity contribution in [2.45, 2.75) is 31.6 Å².